The minimum atomic E-state index is -0.136. The first kappa shape index (κ1) is 22.8. The average molecular weight is 466 g/mol. The van der Waals surface area contributed by atoms with E-state index in [2.05, 4.69) is 10.3 Å². The standard InChI is InChI=1S/C21H24ClN3O3S2/c1-14(2)28-9-4-8-25-20(27)17-7-6-15(22)11-18(17)24-21(25)30-13-19(26)23-12-16-5-3-10-29-16/h3,5-7,10-11,14H,4,8-9,12-13H2,1-2H3,(H,23,26). The Hall–Kier alpha value is -1.87. The maximum atomic E-state index is 13.0. The van der Waals surface area contributed by atoms with Gasteiger partial charge in [-0.05, 0) is 49.9 Å². The van der Waals surface area contributed by atoms with Gasteiger partial charge in [0.25, 0.3) is 5.56 Å². The highest BCUT2D eigenvalue weighted by atomic mass is 35.5. The van der Waals surface area contributed by atoms with E-state index in [4.69, 9.17) is 16.3 Å². The van der Waals surface area contributed by atoms with Crippen LogP contribution in [0.15, 0.2) is 45.7 Å². The molecule has 2 heterocycles. The molecule has 0 spiro atoms. The lowest BCUT2D eigenvalue weighted by atomic mass is 10.2. The SMILES string of the molecule is CC(C)OCCCn1c(SCC(=O)NCc2cccs2)nc2cc(Cl)ccc2c1=O. The number of carbonyl (C=O) groups excluding carboxylic acids is 1. The van der Waals surface area contributed by atoms with E-state index in [-0.39, 0.29) is 23.3 Å². The number of benzene rings is 1. The van der Waals surface area contributed by atoms with Crippen molar-refractivity contribution in [3.05, 3.63) is 56.0 Å². The summed E-state index contributed by atoms with van der Waals surface area (Å²) in [5.41, 5.74) is 0.395. The number of halogens is 1. The van der Waals surface area contributed by atoms with Crippen molar-refractivity contribution in [2.24, 2.45) is 0 Å². The molecule has 2 aromatic heterocycles. The summed E-state index contributed by atoms with van der Waals surface area (Å²) >= 11 is 8.92. The largest absolute Gasteiger partial charge is 0.379 e. The first-order valence-corrected chi connectivity index (χ1v) is 11.9. The monoisotopic (exact) mass is 465 g/mol. The van der Waals surface area contributed by atoms with Crippen molar-refractivity contribution in [1.29, 1.82) is 0 Å². The molecule has 0 aliphatic heterocycles. The molecular weight excluding hydrogens is 442 g/mol. The second-order valence-electron chi connectivity index (χ2n) is 6.93. The lowest BCUT2D eigenvalue weighted by Crippen LogP contribution is -2.27. The van der Waals surface area contributed by atoms with Crippen molar-refractivity contribution < 1.29 is 9.53 Å². The van der Waals surface area contributed by atoms with E-state index in [0.29, 0.717) is 47.2 Å². The summed E-state index contributed by atoms with van der Waals surface area (Å²) in [7, 11) is 0. The van der Waals surface area contributed by atoms with Crippen LogP contribution in [-0.2, 0) is 22.6 Å². The van der Waals surface area contributed by atoms with Gasteiger partial charge in [-0.2, -0.15) is 0 Å². The number of rotatable bonds is 10. The fraction of sp³-hybridized carbons (Fsp3) is 0.381. The Morgan fingerprint density at radius 3 is 2.93 bits per heavy atom. The topological polar surface area (TPSA) is 73.2 Å². The fourth-order valence-corrected chi connectivity index (χ4v) is 4.47. The smallest absolute Gasteiger partial charge is 0.262 e. The van der Waals surface area contributed by atoms with Gasteiger partial charge in [0.05, 0.1) is 29.3 Å². The van der Waals surface area contributed by atoms with Crippen LogP contribution >= 0.6 is 34.7 Å². The minimum absolute atomic E-state index is 0.108. The summed E-state index contributed by atoms with van der Waals surface area (Å²) in [6.07, 6.45) is 0.816. The number of nitrogens with one attached hydrogen (secondary N) is 1. The number of nitrogens with zero attached hydrogens (tertiary/aromatic N) is 2. The Morgan fingerprint density at radius 2 is 2.20 bits per heavy atom. The fourth-order valence-electron chi connectivity index (χ4n) is 2.80. The van der Waals surface area contributed by atoms with Gasteiger partial charge in [-0.25, -0.2) is 4.98 Å². The van der Waals surface area contributed by atoms with Crippen LogP contribution in [0, 0.1) is 0 Å². The van der Waals surface area contributed by atoms with Gasteiger partial charge in [-0.3, -0.25) is 14.2 Å². The van der Waals surface area contributed by atoms with Crippen LogP contribution in [0.25, 0.3) is 10.9 Å². The van der Waals surface area contributed by atoms with Crippen molar-refractivity contribution in [1.82, 2.24) is 14.9 Å². The van der Waals surface area contributed by atoms with E-state index in [1.54, 1.807) is 34.1 Å². The predicted octanol–water partition coefficient (Wildman–Crippen LogP) is 4.34. The number of ether oxygens (including phenoxy) is 1. The number of fused-ring (bicyclic) bond motifs is 1. The highest BCUT2D eigenvalue weighted by Crippen LogP contribution is 2.21. The van der Waals surface area contributed by atoms with Gasteiger partial charge in [0.15, 0.2) is 5.16 Å². The quantitative estimate of drug-likeness (QED) is 0.274. The molecule has 0 fully saturated rings. The van der Waals surface area contributed by atoms with E-state index < -0.39 is 0 Å². The Morgan fingerprint density at radius 1 is 1.37 bits per heavy atom. The number of thioether (sulfide) groups is 1. The highest BCUT2D eigenvalue weighted by Gasteiger charge is 2.14. The first-order chi connectivity index (χ1) is 14.4. The molecule has 0 unspecified atom stereocenters. The lowest BCUT2D eigenvalue weighted by Gasteiger charge is -2.14. The molecule has 0 saturated carbocycles. The van der Waals surface area contributed by atoms with Crippen LogP contribution < -0.4 is 10.9 Å². The van der Waals surface area contributed by atoms with Crippen molar-refractivity contribution in [3.8, 4) is 0 Å². The van der Waals surface area contributed by atoms with Gasteiger partial charge in [0, 0.05) is 23.1 Å². The number of aromatic nitrogens is 2. The molecule has 160 valence electrons. The van der Waals surface area contributed by atoms with Gasteiger partial charge >= 0.3 is 0 Å². The van der Waals surface area contributed by atoms with Crippen LogP contribution in [0.5, 0.6) is 0 Å². The molecule has 3 rings (SSSR count). The van der Waals surface area contributed by atoms with Gasteiger partial charge in [-0.15, -0.1) is 11.3 Å². The molecule has 0 atom stereocenters. The number of hydrogen-bond donors (Lipinski definition) is 1. The summed E-state index contributed by atoms with van der Waals surface area (Å²) < 4.78 is 7.21. The summed E-state index contributed by atoms with van der Waals surface area (Å²) in [6, 6.07) is 8.97. The molecule has 30 heavy (non-hydrogen) atoms. The highest BCUT2D eigenvalue weighted by molar-refractivity contribution is 7.99. The Balaban J connectivity index is 1.75. The van der Waals surface area contributed by atoms with Crippen molar-refractivity contribution in [3.63, 3.8) is 0 Å². The molecule has 9 heteroatoms. The normalized spacial score (nSPS) is 11.3. The van der Waals surface area contributed by atoms with Crippen molar-refractivity contribution in [2.45, 2.75) is 44.6 Å². The molecule has 3 aromatic rings. The zero-order valence-electron chi connectivity index (χ0n) is 16.9. The van der Waals surface area contributed by atoms with Crippen molar-refractivity contribution in [2.75, 3.05) is 12.4 Å². The molecule has 1 aromatic carbocycles. The second kappa shape index (κ2) is 10.9. The molecule has 0 bridgehead atoms. The van der Waals surface area contributed by atoms with Crippen molar-refractivity contribution >= 4 is 51.5 Å². The van der Waals surface area contributed by atoms with Crippen LogP contribution in [0.4, 0.5) is 0 Å². The Bertz CT molecular complexity index is 1050. The number of carbonyl (C=O) groups is 1. The summed E-state index contributed by atoms with van der Waals surface area (Å²) in [6.45, 7) is 5.47. The molecular formula is C21H24ClN3O3S2. The number of amides is 1. The summed E-state index contributed by atoms with van der Waals surface area (Å²) in [5.74, 6) is 0.0652. The van der Waals surface area contributed by atoms with Crippen LogP contribution in [0.3, 0.4) is 0 Å². The van der Waals surface area contributed by atoms with E-state index in [1.807, 2.05) is 31.4 Å². The maximum absolute atomic E-state index is 13.0. The van der Waals surface area contributed by atoms with Gasteiger partial charge < -0.3 is 10.1 Å². The van der Waals surface area contributed by atoms with E-state index in [9.17, 15) is 9.59 Å². The average Bonchev–Trinajstić information content (AvgIpc) is 3.22. The molecule has 0 radical (unpaired) electrons. The lowest BCUT2D eigenvalue weighted by molar-refractivity contribution is -0.118. The van der Waals surface area contributed by atoms with Crippen LogP contribution in [0.1, 0.15) is 25.1 Å². The first-order valence-electron chi connectivity index (χ1n) is 9.67. The maximum Gasteiger partial charge on any atom is 0.262 e. The van der Waals surface area contributed by atoms with E-state index >= 15 is 0 Å². The summed E-state index contributed by atoms with van der Waals surface area (Å²) in [5, 5.41) is 6.40. The van der Waals surface area contributed by atoms with E-state index in [1.165, 1.54) is 11.8 Å². The molecule has 1 amide bonds. The third-order valence-electron chi connectivity index (χ3n) is 4.23. The third kappa shape index (κ3) is 6.31. The zero-order valence-corrected chi connectivity index (χ0v) is 19.3. The molecule has 0 aliphatic carbocycles. The Labute approximate surface area is 188 Å². The van der Waals surface area contributed by atoms with Gasteiger partial charge in [0.1, 0.15) is 0 Å². The zero-order chi connectivity index (χ0) is 21.5. The second-order valence-corrected chi connectivity index (χ2v) is 9.34. The predicted molar refractivity (Wildman–Crippen MR) is 124 cm³/mol. The number of thiophene rings is 1. The molecule has 1 N–H and O–H groups in total. The van der Waals surface area contributed by atoms with Crippen LogP contribution in [-0.4, -0.2) is 33.9 Å². The Kier molecular flexibility index (Phi) is 8.32. The summed E-state index contributed by atoms with van der Waals surface area (Å²) in [4.78, 5) is 31.0. The van der Waals surface area contributed by atoms with E-state index in [0.717, 1.165) is 4.88 Å². The van der Waals surface area contributed by atoms with Crippen LogP contribution in [0.2, 0.25) is 5.02 Å². The molecule has 0 aliphatic rings. The third-order valence-corrected chi connectivity index (χ3v) is 6.32. The van der Waals surface area contributed by atoms with Gasteiger partial charge in [-0.1, -0.05) is 29.4 Å². The molecule has 6 nitrogen and oxygen atoms in total. The number of hydrogen-bond acceptors (Lipinski definition) is 6. The molecule has 0 saturated heterocycles. The van der Waals surface area contributed by atoms with Gasteiger partial charge in [0.2, 0.25) is 5.91 Å². The minimum Gasteiger partial charge on any atom is -0.379 e.